The third-order valence-electron chi connectivity index (χ3n) is 5.19. The first-order valence-electron chi connectivity index (χ1n) is 9.35. The van der Waals surface area contributed by atoms with E-state index in [1.165, 1.54) is 6.07 Å². The molecule has 5 rings (SSSR count). The summed E-state index contributed by atoms with van der Waals surface area (Å²) in [7, 11) is 1.63. The summed E-state index contributed by atoms with van der Waals surface area (Å²) in [6.45, 7) is 1.95. The van der Waals surface area contributed by atoms with Gasteiger partial charge < -0.3 is 13.6 Å². The van der Waals surface area contributed by atoms with Gasteiger partial charge in [0.05, 0.1) is 7.11 Å². The van der Waals surface area contributed by atoms with Gasteiger partial charge in [-0.1, -0.05) is 42.5 Å². The van der Waals surface area contributed by atoms with Crippen LogP contribution in [0.1, 0.15) is 5.76 Å². The van der Waals surface area contributed by atoms with E-state index in [1.807, 2.05) is 55.5 Å². The van der Waals surface area contributed by atoms with Crippen LogP contribution in [0.3, 0.4) is 0 Å². The van der Waals surface area contributed by atoms with Gasteiger partial charge in [-0.3, -0.25) is 0 Å². The molecule has 0 aliphatic rings. The molecule has 0 N–H and O–H groups in total. The van der Waals surface area contributed by atoms with Crippen LogP contribution in [0.5, 0.6) is 5.75 Å². The monoisotopic (exact) mass is 382 g/mol. The van der Waals surface area contributed by atoms with E-state index in [-0.39, 0.29) is 0 Å². The van der Waals surface area contributed by atoms with Crippen LogP contribution >= 0.6 is 0 Å². The first kappa shape index (κ1) is 17.3. The average molecular weight is 382 g/mol. The summed E-state index contributed by atoms with van der Waals surface area (Å²) in [6, 6.07) is 23.2. The highest BCUT2D eigenvalue weighted by Gasteiger charge is 2.17. The van der Waals surface area contributed by atoms with Gasteiger partial charge in [0.15, 0.2) is 0 Å². The Hall–Kier alpha value is -3.79. The van der Waals surface area contributed by atoms with E-state index < -0.39 is 5.63 Å². The molecule has 0 bridgehead atoms. The number of methoxy groups -OCH3 is 1. The predicted octanol–water partition coefficient (Wildman–Crippen LogP) is 6.19. The maximum absolute atomic E-state index is 12.2. The van der Waals surface area contributed by atoms with Crippen molar-refractivity contribution in [2.75, 3.05) is 7.11 Å². The SMILES string of the molecule is COc1ccc(-c2cc(=O)oc3cc4oc(C)c(-c5ccccc5)c4cc23)cc1. The molecular formula is C25H18O4. The lowest BCUT2D eigenvalue weighted by molar-refractivity contribution is 0.415. The number of fused-ring (bicyclic) bond motifs is 2. The summed E-state index contributed by atoms with van der Waals surface area (Å²) in [4.78, 5) is 12.2. The predicted molar refractivity (Wildman–Crippen MR) is 114 cm³/mol. The normalized spacial score (nSPS) is 11.2. The zero-order chi connectivity index (χ0) is 20.0. The molecule has 142 valence electrons. The van der Waals surface area contributed by atoms with Crippen LogP contribution in [0.15, 0.2) is 86.4 Å². The lowest BCUT2D eigenvalue weighted by Gasteiger charge is -2.07. The zero-order valence-corrected chi connectivity index (χ0v) is 16.1. The van der Waals surface area contributed by atoms with E-state index in [9.17, 15) is 4.79 Å². The van der Waals surface area contributed by atoms with Crippen molar-refractivity contribution in [3.63, 3.8) is 0 Å². The van der Waals surface area contributed by atoms with Gasteiger partial charge in [0, 0.05) is 28.5 Å². The maximum Gasteiger partial charge on any atom is 0.336 e. The summed E-state index contributed by atoms with van der Waals surface area (Å²) >= 11 is 0. The highest BCUT2D eigenvalue weighted by Crippen LogP contribution is 2.38. The Kier molecular flexibility index (Phi) is 3.98. The molecule has 4 nitrogen and oxygen atoms in total. The zero-order valence-electron chi connectivity index (χ0n) is 16.1. The summed E-state index contributed by atoms with van der Waals surface area (Å²) in [5.74, 6) is 1.59. The van der Waals surface area contributed by atoms with E-state index in [0.29, 0.717) is 11.2 Å². The lowest BCUT2D eigenvalue weighted by Crippen LogP contribution is -1.98. The van der Waals surface area contributed by atoms with Crippen LogP contribution in [0.2, 0.25) is 0 Å². The minimum absolute atomic E-state index is 0.394. The smallest absolute Gasteiger partial charge is 0.336 e. The number of aryl methyl sites for hydroxylation is 1. The molecule has 0 unspecified atom stereocenters. The molecule has 2 heterocycles. The molecule has 3 aromatic carbocycles. The Morgan fingerprint density at radius 3 is 2.21 bits per heavy atom. The van der Waals surface area contributed by atoms with Gasteiger partial charge >= 0.3 is 5.63 Å². The second-order valence-corrected chi connectivity index (χ2v) is 6.95. The molecule has 0 aliphatic heterocycles. The molecule has 4 heteroatoms. The summed E-state index contributed by atoms with van der Waals surface area (Å²) in [6.07, 6.45) is 0. The molecule has 2 aromatic heterocycles. The average Bonchev–Trinajstić information content (AvgIpc) is 3.07. The van der Waals surface area contributed by atoms with E-state index in [0.717, 1.165) is 44.5 Å². The van der Waals surface area contributed by atoms with E-state index in [2.05, 4.69) is 12.1 Å². The molecule has 0 atom stereocenters. The largest absolute Gasteiger partial charge is 0.497 e. The van der Waals surface area contributed by atoms with Crippen molar-refractivity contribution in [2.24, 2.45) is 0 Å². The van der Waals surface area contributed by atoms with Crippen molar-refractivity contribution in [3.05, 3.63) is 89.0 Å². The molecule has 0 fully saturated rings. The van der Waals surface area contributed by atoms with Crippen molar-refractivity contribution in [2.45, 2.75) is 6.92 Å². The van der Waals surface area contributed by atoms with Gasteiger partial charge in [-0.25, -0.2) is 4.79 Å². The fraction of sp³-hybridized carbons (Fsp3) is 0.0800. The summed E-state index contributed by atoms with van der Waals surface area (Å²) in [5.41, 5.74) is 4.69. The third-order valence-corrected chi connectivity index (χ3v) is 5.19. The molecule has 0 spiro atoms. The standard InChI is InChI=1S/C25H18O4/c1-15-25(17-6-4-3-5-7-17)21-12-20-19(16-8-10-18(27-2)11-9-16)13-24(26)29-22(20)14-23(21)28-15/h3-14H,1-2H3. The van der Waals surface area contributed by atoms with E-state index in [1.54, 1.807) is 13.2 Å². The number of hydrogen-bond donors (Lipinski definition) is 0. The molecule has 0 amide bonds. The maximum atomic E-state index is 12.2. The Labute approximate surface area is 167 Å². The molecule has 29 heavy (non-hydrogen) atoms. The number of rotatable bonds is 3. The Bertz CT molecular complexity index is 1390. The van der Waals surface area contributed by atoms with Gasteiger partial charge in [-0.05, 0) is 41.8 Å². The Morgan fingerprint density at radius 1 is 0.759 bits per heavy atom. The van der Waals surface area contributed by atoms with Crippen molar-refractivity contribution < 1.29 is 13.6 Å². The first-order valence-corrected chi connectivity index (χ1v) is 9.35. The van der Waals surface area contributed by atoms with Crippen LogP contribution in [-0.4, -0.2) is 7.11 Å². The highest BCUT2D eigenvalue weighted by atomic mass is 16.5. The fourth-order valence-corrected chi connectivity index (χ4v) is 3.85. The quantitative estimate of drug-likeness (QED) is 0.349. The lowest BCUT2D eigenvalue weighted by atomic mass is 9.97. The van der Waals surface area contributed by atoms with Gasteiger partial charge in [0.1, 0.15) is 22.7 Å². The van der Waals surface area contributed by atoms with Crippen molar-refractivity contribution in [3.8, 4) is 28.0 Å². The van der Waals surface area contributed by atoms with Crippen molar-refractivity contribution >= 4 is 21.9 Å². The minimum Gasteiger partial charge on any atom is -0.497 e. The second kappa shape index (κ2) is 6.67. The van der Waals surface area contributed by atoms with E-state index in [4.69, 9.17) is 13.6 Å². The van der Waals surface area contributed by atoms with Crippen molar-refractivity contribution in [1.82, 2.24) is 0 Å². The molecule has 0 radical (unpaired) electrons. The molecule has 0 saturated heterocycles. The van der Waals surface area contributed by atoms with Crippen LogP contribution in [-0.2, 0) is 0 Å². The summed E-state index contributed by atoms with van der Waals surface area (Å²) in [5, 5.41) is 1.85. The van der Waals surface area contributed by atoms with Crippen LogP contribution in [0, 0.1) is 6.92 Å². The van der Waals surface area contributed by atoms with Crippen LogP contribution < -0.4 is 10.4 Å². The molecule has 5 aromatic rings. The number of ether oxygens (including phenoxy) is 1. The molecule has 0 saturated carbocycles. The highest BCUT2D eigenvalue weighted by molar-refractivity contribution is 6.06. The fourth-order valence-electron chi connectivity index (χ4n) is 3.85. The van der Waals surface area contributed by atoms with Crippen LogP contribution in [0.4, 0.5) is 0 Å². The topological polar surface area (TPSA) is 52.6 Å². The number of hydrogen-bond acceptors (Lipinski definition) is 4. The first-order chi connectivity index (χ1) is 14.1. The van der Waals surface area contributed by atoms with Crippen molar-refractivity contribution in [1.29, 1.82) is 0 Å². The number of furan rings is 1. The Morgan fingerprint density at radius 2 is 1.48 bits per heavy atom. The van der Waals surface area contributed by atoms with E-state index >= 15 is 0 Å². The third kappa shape index (κ3) is 2.90. The summed E-state index contributed by atoms with van der Waals surface area (Å²) < 4.78 is 16.7. The minimum atomic E-state index is -0.394. The molecular weight excluding hydrogens is 364 g/mol. The molecule has 0 aliphatic carbocycles. The van der Waals surface area contributed by atoms with Crippen LogP contribution in [0.25, 0.3) is 44.2 Å². The second-order valence-electron chi connectivity index (χ2n) is 6.95. The number of benzene rings is 3. The van der Waals surface area contributed by atoms with Gasteiger partial charge in [0.2, 0.25) is 0 Å². The van der Waals surface area contributed by atoms with Gasteiger partial charge in [-0.2, -0.15) is 0 Å². The van der Waals surface area contributed by atoms with Gasteiger partial charge in [0.25, 0.3) is 0 Å². The Balaban J connectivity index is 1.82. The van der Waals surface area contributed by atoms with Gasteiger partial charge in [-0.15, -0.1) is 0 Å².